The topological polar surface area (TPSA) is 181 Å². The average Bonchev–Trinajstić information content (AvgIpc) is 3.09. The Bertz CT molecular complexity index is 670. The molecule has 3 amide bonds. The quantitative estimate of drug-likeness (QED) is 0.421. The Morgan fingerprint density at radius 2 is 1.93 bits per heavy atom. The lowest BCUT2D eigenvalue weighted by Gasteiger charge is -2.20. The van der Waals surface area contributed by atoms with Gasteiger partial charge in [-0.2, -0.15) is 4.98 Å². The van der Waals surface area contributed by atoms with Gasteiger partial charge in [0.1, 0.15) is 6.04 Å². The monoisotopic (exact) mass is 383 g/mol. The number of aliphatic hydroxyl groups excluding tert-OH is 1. The molecular weight excluding hydrogens is 358 g/mol. The van der Waals surface area contributed by atoms with Gasteiger partial charge in [-0.05, 0) is 19.8 Å². The van der Waals surface area contributed by atoms with Crippen LogP contribution in [0.15, 0.2) is 4.52 Å². The molecular formula is C16H25N5O6. The number of nitrogens with zero attached hydrogens (tertiary/aromatic N) is 2. The van der Waals surface area contributed by atoms with E-state index in [-0.39, 0.29) is 18.2 Å². The van der Waals surface area contributed by atoms with Crippen molar-refractivity contribution in [2.45, 2.75) is 69.6 Å². The molecule has 6 N–H and O–H groups in total. The Morgan fingerprint density at radius 1 is 1.26 bits per heavy atom. The summed E-state index contributed by atoms with van der Waals surface area (Å²) in [5, 5.41) is 26.9. The highest BCUT2D eigenvalue weighted by atomic mass is 16.5. The number of aliphatic hydroxyl groups is 1. The number of nitrogens with one attached hydrogen (secondary N) is 2. The van der Waals surface area contributed by atoms with E-state index in [0.29, 0.717) is 5.82 Å². The summed E-state index contributed by atoms with van der Waals surface area (Å²) in [6.45, 7) is 1.23. The van der Waals surface area contributed by atoms with Gasteiger partial charge in [0.15, 0.2) is 11.9 Å². The van der Waals surface area contributed by atoms with Crippen molar-refractivity contribution in [2.75, 3.05) is 0 Å². The van der Waals surface area contributed by atoms with Crippen LogP contribution in [-0.2, 0) is 9.59 Å². The number of carboxylic acid groups (broad SMARTS) is 1. The molecule has 1 saturated carbocycles. The summed E-state index contributed by atoms with van der Waals surface area (Å²) in [4.78, 5) is 38.8. The Morgan fingerprint density at radius 3 is 2.48 bits per heavy atom. The van der Waals surface area contributed by atoms with Crippen molar-refractivity contribution in [3.8, 4) is 0 Å². The van der Waals surface area contributed by atoms with Gasteiger partial charge in [-0.25, -0.2) is 9.59 Å². The molecule has 0 aliphatic heterocycles. The Hall–Kier alpha value is -2.69. The zero-order valence-corrected chi connectivity index (χ0v) is 15.1. The number of rotatable bonds is 8. The van der Waals surface area contributed by atoms with Crippen molar-refractivity contribution in [1.29, 1.82) is 0 Å². The summed E-state index contributed by atoms with van der Waals surface area (Å²) in [5.41, 5.74) is 5.22. The molecule has 0 bridgehead atoms. The lowest BCUT2D eigenvalue weighted by molar-refractivity contribution is -0.141. The standard InChI is InChI=1S/C16H25N5O6/c1-8(22)12(15(24)25)19-16(26)18-10(7-11(17)23)14-20-13(21-27-14)9-5-3-2-4-6-9/h8-10,12,22H,2-7H2,1H3,(H2,17,23)(H,24,25)(H2,18,19,26)/t8?,10-,12?/m0/s1. The maximum Gasteiger partial charge on any atom is 0.328 e. The Kier molecular flexibility index (Phi) is 7.11. The van der Waals surface area contributed by atoms with E-state index < -0.39 is 36.1 Å². The van der Waals surface area contributed by atoms with Gasteiger partial charge in [0.2, 0.25) is 11.8 Å². The molecule has 150 valence electrons. The van der Waals surface area contributed by atoms with Crippen LogP contribution in [0.25, 0.3) is 0 Å². The van der Waals surface area contributed by atoms with E-state index in [1.54, 1.807) is 0 Å². The smallest absolute Gasteiger partial charge is 0.328 e. The van der Waals surface area contributed by atoms with Crippen LogP contribution in [0, 0.1) is 0 Å². The van der Waals surface area contributed by atoms with Crippen LogP contribution < -0.4 is 16.4 Å². The Balaban J connectivity index is 2.08. The second-order valence-electron chi connectivity index (χ2n) is 6.72. The zero-order valence-electron chi connectivity index (χ0n) is 15.1. The van der Waals surface area contributed by atoms with E-state index in [4.69, 9.17) is 15.4 Å². The molecule has 11 nitrogen and oxygen atoms in total. The summed E-state index contributed by atoms with van der Waals surface area (Å²) in [7, 11) is 0. The van der Waals surface area contributed by atoms with Crippen LogP contribution in [-0.4, -0.2) is 50.4 Å². The first kappa shape index (κ1) is 20.6. The van der Waals surface area contributed by atoms with Crippen molar-refractivity contribution in [3.05, 3.63) is 11.7 Å². The maximum absolute atomic E-state index is 12.1. The number of hydrogen-bond acceptors (Lipinski definition) is 7. The predicted octanol–water partition coefficient (Wildman–Crippen LogP) is 0.167. The number of urea groups is 1. The zero-order chi connectivity index (χ0) is 20.0. The summed E-state index contributed by atoms with van der Waals surface area (Å²) < 4.78 is 5.20. The molecule has 11 heteroatoms. The highest BCUT2D eigenvalue weighted by molar-refractivity contribution is 5.83. The molecule has 1 fully saturated rings. The minimum Gasteiger partial charge on any atom is -0.480 e. The van der Waals surface area contributed by atoms with E-state index in [2.05, 4.69) is 20.8 Å². The number of carbonyl (C=O) groups is 3. The van der Waals surface area contributed by atoms with Crippen LogP contribution in [0.4, 0.5) is 4.79 Å². The SMILES string of the molecule is CC(O)C(NC(=O)N[C@@H](CC(N)=O)c1nc(C2CCCCC2)no1)C(=O)O. The van der Waals surface area contributed by atoms with E-state index in [0.717, 1.165) is 25.7 Å². The number of primary amides is 1. The Labute approximate surface area is 155 Å². The van der Waals surface area contributed by atoms with Gasteiger partial charge in [0.05, 0.1) is 12.5 Å². The predicted molar refractivity (Wildman–Crippen MR) is 91.4 cm³/mol. The van der Waals surface area contributed by atoms with Gasteiger partial charge in [-0.3, -0.25) is 4.79 Å². The minimum absolute atomic E-state index is 0.0217. The van der Waals surface area contributed by atoms with Crippen molar-refractivity contribution in [1.82, 2.24) is 20.8 Å². The third-order valence-corrected chi connectivity index (χ3v) is 4.47. The molecule has 0 aromatic carbocycles. The normalized spacial score (nSPS) is 18.3. The van der Waals surface area contributed by atoms with Crippen molar-refractivity contribution < 1.29 is 29.1 Å². The number of hydrogen-bond donors (Lipinski definition) is 5. The van der Waals surface area contributed by atoms with Gasteiger partial charge in [0.25, 0.3) is 0 Å². The van der Waals surface area contributed by atoms with E-state index in [1.165, 1.54) is 13.3 Å². The molecule has 2 rings (SSSR count). The van der Waals surface area contributed by atoms with Crippen LogP contribution >= 0.6 is 0 Å². The second-order valence-corrected chi connectivity index (χ2v) is 6.72. The fourth-order valence-corrected chi connectivity index (χ4v) is 3.05. The first-order valence-corrected chi connectivity index (χ1v) is 8.87. The van der Waals surface area contributed by atoms with Gasteiger partial charge >= 0.3 is 12.0 Å². The molecule has 0 saturated heterocycles. The first-order valence-electron chi connectivity index (χ1n) is 8.87. The molecule has 1 aliphatic rings. The van der Waals surface area contributed by atoms with Crippen LogP contribution in [0.5, 0.6) is 0 Å². The van der Waals surface area contributed by atoms with Gasteiger partial charge in [-0.1, -0.05) is 24.4 Å². The van der Waals surface area contributed by atoms with Crippen LogP contribution in [0.1, 0.15) is 69.1 Å². The third-order valence-electron chi connectivity index (χ3n) is 4.47. The number of carbonyl (C=O) groups excluding carboxylic acids is 2. The summed E-state index contributed by atoms with van der Waals surface area (Å²) in [6, 6.07) is -3.43. The maximum atomic E-state index is 12.1. The third kappa shape index (κ3) is 5.91. The van der Waals surface area contributed by atoms with Crippen molar-refractivity contribution >= 4 is 17.9 Å². The number of aromatic nitrogens is 2. The molecule has 2 unspecified atom stereocenters. The van der Waals surface area contributed by atoms with Gasteiger partial charge in [-0.15, -0.1) is 0 Å². The lowest BCUT2D eigenvalue weighted by atomic mass is 9.89. The molecule has 27 heavy (non-hydrogen) atoms. The van der Waals surface area contributed by atoms with Crippen LogP contribution in [0.2, 0.25) is 0 Å². The van der Waals surface area contributed by atoms with E-state index >= 15 is 0 Å². The fraction of sp³-hybridized carbons (Fsp3) is 0.688. The summed E-state index contributed by atoms with van der Waals surface area (Å²) in [5.74, 6) is -1.39. The minimum atomic E-state index is -1.51. The molecule has 1 heterocycles. The number of nitrogens with two attached hydrogens (primary N) is 1. The molecule has 3 atom stereocenters. The first-order chi connectivity index (χ1) is 12.8. The average molecular weight is 383 g/mol. The largest absolute Gasteiger partial charge is 0.480 e. The molecule has 0 spiro atoms. The summed E-state index contributed by atoms with van der Waals surface area (Å²) >= 11 is 0. The van der Waals surface area contributed by atoms with Crippen LogP contribution in [0.3, 0.4) is 0 Å². The van der Waals surface area contributed by atoms with Gasteiger partial charge in [0, 0.05) is 5.92 Å². The van der Waals surface area contributed by atoms with Crippen molar-refractivity contribution in [2.24, 2.45) is 5.73 Å². The highest BCUT2D eigenvalue weighted by Crippen LogP contribution is 2.31. The fourth-order valence-electron chi connectivity index (χ4n) is 3.05. The molecule has 0 radical (unpaired) electrons. The number of carboxylic acids is 1. The molecule has 1 aromatic rings. The van der Waals surface area contributed by atoms with E-state index in [9.17, 15) is 19.5 Å². The van der Waals surface area contributed by atoms with Crippen molar-refractivity contribution in [3.63, 3.8) is 0 Å². The summed E-state index contributed by atoms with van der Waals surface area (Å²) in [6.07, 6.45) is 3.60. The number of aliphatic carboxylic acids is 1. The molecule has 1 aliphatic carbocycles. The second kappa shape index (κ2) is 9.31. The molecule has 1 aromatic heterocycles. The number of amides is 3. The lowest BCUT2D eigenvalue weighted by Crippen LogP contribution is -2.52. The van der Waals surface area contributed by atoms with E-state index in [1.807, 2.05) is 0 Å². The van der Waals surface area contributed by atoms with Gasteiger partial charge < -0.3 is 31.1 Å². The highest BCUT2D eigenvalue weighted by Gasteiger charge is 2.29.